The highest BCUT2D eigenvalue weighted by Crippen LogP contribution is 2.65. The third-order valence-corrected chi connectivity index (χ3v) is 14.0. The van der Waals surface area contributed by atoms with Gasteiger partial charge in [-0.15, -0.1) is 17.9 Å². The van der Waals surface area contributed by atoms with E-state index in [9.17, 15) is 32.4 Å². The highest BCUT2D eigenvalue weighted by molar-refractivity contribution is 7.91. The normalized spacial score (nSPS) is 22.9. The van der Waals surface area contributed by atoms with Crippen molar-refractivity contribution in [3.8, 4) is 0 Å². The summed E-state index contributed by atoms with van der Waals surface area (Å²) < 4.78 is 27.5. The Hall–Kier alpha value is -3.56. The summed E-state index contributed by atoms with van der Waals surface area (Å²) in [5, 5.41) is 12.7. The maximum absolute atomic E-state index is 14.6. The van der Waals surface area contributed by atoms with Crippen molar-refractivity contribution < 1.29 is 32.4 Å². The molecular formula is C36H54N6O7S2. The van der Waals surface area contributed by atoms with Gasteiger partial charge in [-0.05, 0) is 60.8 Å². The zero-order valence-electron chi connectivity index (χ0n) is 30.4. The van der Waals surface area contributed by atoms with Crippen LogP contribution in [0.3, 0.4) is 0 Å². The van der Waals surface area contributed by atoms with Gasteiger partial charge >= 0.3 is 6.03 Å². The molecule has 0 spiro atoms. The zero-order valence-corrected chi connectivity index (χ0v) is 32.0. The van der Waals surface area contributed by atoms with Crippen molar-refractivity contribution in [1.29, 1.82) is 0 Å². The van der Waals surface area contributed by atoms with E-state index >= 15 is 0 Å². The van der Waals surface area contributed by atoms with Crippen LogP contribution in [0, 0.1) is 23.2 Å². The summed E-state index contributed by atoms with van der Waals surface area (Å²) in [4.78, 5) is 69.4. The molecule has 1 unspecified atom stereocenters. The second-order valence-corrected chi connectivity index (χ2v) is 17.9. The minimum absolute atomic E-state index is 0.0582. The molecule has 5 amide bonds. The van der Waals surface area contributed by atoms with Gasteiger partial charge in [-0.3, -0.25) is 19.2 Å². The van der Waals surface area contributed by atoms with Gasteiger partial charge in [0.05, 0.1) is 12.1 Å². The highest BCUT2D eigenvalue weighted by Gasteiger charge is 2.69. The number of hydrogen-bond acceptors (Lipinski definition) is 8. The number of nitrogens with zero attached hydrogens (tertiary/aromatic N) is 2. The summed E-state index contributed by atoms with van der Waals surface area (Å²) in [7, 11) is -2.34. The molecule has 2 heterocycles. The average Bonchev–Trinajstić information content (AvgIpc) is 3.55. The van der Waals surface area contributed by atoms with Crippen LogP contribution >= 0.6 is 11.3 Å². The number of ketones is 1. The van der Waals surface area contributed by atoms with Crippen LogP contribution in [0.25, 0.3) is 0 Å². The monoisotopic (exact) mass is 746 g/mol. The van der Waals surface area contributed by atoms with Gasteiger partial charge in [-0.25, -0.2) is 13.2 Å². The number of Topliss-reactive ketones (excluding diaryl/α,β-unsaturated/α-hetero) is 1. The van der Waals surface area contributed by atoms with Gasteiger partial charge in [0.15, 0.2) is 0 Å². The molecule has 13 nitrogen and oxygen atoms in total. The summed E-state index contributed by atoms with van der Waals surface area (Å²) in [5.74, 6) is -2.69. The van der Waals surface area contributed by atoms with E-state index in [0.717, 1.165) is 43.4 Å². The number of nitrogens with one attached hydrogen (secondary N) is 4. The minimum Gasteiger partial charge on any atom is -0.346 e. The molecule has 0 aromatic carbocycles. The lowest BCUT2D eigenvalue weighted by atomic mass is 9.83. The molecule has 0 bridgehead atoms. The SMILES string of the molecule is C=CCNC(=O)C(=O)C(CCC)NC(=O)[C@@H]1[C@@H]2[C@H](CN1C(=O)[C@@H](NC(=O)N[C@H](CN(C)S(=O)(=O)c1cccs1)C(=C)C)C1CCCCC1)C2(C)C. The second kappa shape index (κ2) is 16.8. The fourth-order valence-corrected chi connectivity index (χ4v) is 10.0. The molecule has 6 atom stereocenters. The summed E-state index contributed by atoms with van der Waals surface area (Å²) in [5.41, 5.74) is 0.326. The van der Waals surface area contributed by atoms with Gasteiger partial charge in [0.25, 0.3) is 15.9 Å². The number of amides is 5. The van der Waals surface area contributed by atoms with Gasteiger partial charge in [-0.1, -0.05) is 70.7 Å². The second-order valence-electron chi connectivity index (χ2n) is 14.7. The lowest BCUT2D eigenvalue weighted by Gasteiger charge is -2.37. The number of carbonyl (C=O) groups excluding carboxylic acids is 5. The Morgan fingerprint density at radius 1 is 1.10 bits per heavy atom. The molecule has 15 heteroatoms. The maximum atomic E-state index is 14.6. The Morgan fingerprint density at radius 2 is 1.78 bits per heavy atom. The van der Waals surface area contributed by atoms with Crippen LogP contribution in [0.4, 0.5) is 4.79 Å². The standard InChI is InChI=1S/C36H54N6O7S2/c1-8-14-25(31(43)33(45)37-18-9-2)38-32(44)30-28-24(36(28,5)6)20-42(30)34(46)29(23-15-11-10-12-16-23)40-35(47)39-26(22(3)4)21-41(7)51(48,49)27-17-13-19-50-27/h9,13,17,19,23-26,28-30H,2-3,8,10-12,14-16,18,20-21H2,1,4-7H3,(H,37,45)(H,38,44)(H2,39,40,47)/t24-,25?,26+,28-,29-,30-/m0/s1. The van der Waals surface area contributed by atoms with Gasteiger partial charge in [0.1, 0.15) is 16.3 Å². The largest absolute Gasteiger partial charge is 0.346 e. The summed E-state index contributed by atoms with van der Waals surface area (Å²) in [6, 6.07) is -1.08. The quantitative estimate of drug-likeness (QED) is 0.140. The summed E-state index contributed by atoms with van der Waals surface area (Å²) >= 11 is 1.10. The predicted octanol–water partition coefficient (Wildman–Crippen LogP) is 3.20. The van der Waals surface area contributed by atoms with Crippen LogP contribution in [-0.4, -0.2) is 98.0 Å². The Balaban J connectivity index is 1.53. The summed E-state index contributed by atoms with van der Waals surface area (Å²) in [6.45, 7) is 15.5. The average molecular weight is 747 g/mol. The van der Waals surface area contributed by atoms with Crippen molar-refractivity contribution in [2.24, 2.45) is 23.2 Å². The van der Waals surface area contributed by atoms with E-state index in [1.807, 2.05) is 6.92 Å². The molecule has 51 heavy (non-hydrogen) atoms. The number of likely N-dealkylation sites (N-methyl/N-ethyl adjacent to an activating group) is 1. The van der Waals surface area contributed by atoms with E-state index in [4.69, 9.17) is 0 Å². The van der Waals surface area contributed by atoms with E-state index < -0.39 is 57.8 Å². The molecule has 0 radical (unpaired) electrons. The van der Waals surface area contributed by atoms with Crippen molar-refractivity contribution in [3.05, 3.63) is 42.3 Å². The third kappa shape index (κ3) is 9.09. The molecule has 4 rings (SSSR count). The lowest BCUT2D eigenvalue weighted by molar-refractivity contribution is -0.144. The number of piperidine rings is 1. The Kier molecular flexibility index (Phi) is 13.3. The van der Waals surface area contributed by atoms with Gasteiger partial charge < -0.3 is 26.2 Å². The number of fused-ring (bicyclic) bond motifs is 1. The molecule has 1 aliphatic heterocycles. The maximum Gasteiger partial charge on any atom is 0.315 e. The number of hydrogen-bond donors (Lipinski definition) is 4. The van der Waals surface area contributed by atoms with Crippen molar-refractivity contribution in [2.75, 3.05) is 26.7 Å². The molecule has 1 saturated heterocycles. The molecule has 1 aromatic heterocycles. The van der Waals surface area contributed by atoms with Crippen LogP contribution < -0.4 is 21.3 Å². The van der Waals surface area contributed by atoms with E-state index in [1.165, 1.54) is 23.5 Å². The van der Waals surface area contributed by atoms with Gasteiger partial charge in [0.2, 0.25) is 17.6 Å². The first kappa shape index (κ1) is 40.2. The third-order valence-electron chi connectivity index (χ3n) is 10.8. The molecule has 1 aromatic rings. The smallest absolute Gasteiger partial charge is 0.315 e. The van der Waals surface area contributed by atoms with Crippen molar-refractivity contribution >= 4 is 50.9 Å². The van der Waals surface area contributed by atoms with E-state index in [0.29, 0.717) is 18.5 Å². The number of rotatable bonds is 17. The van der Waals surface area contributed by atoms with Gasteiger partial charge in [0, 0.05) is 26.7 Å². The molecule has 282 valence electrons. The van der Waals surface area contributed by atoms with Crippen LogP contribution in [0.15, 0.2) is 46.5 Å². The minimum atomic E-state index is -3.78. The van der Waals surface area contributed by atoms with Crippen LogP contribution in [0.2, 0.25) is 0 Å². The van der Waals surface area contributed by atoms with Crippen LogP contribution in [0.1, 0.15) is 72.6 Å². The molecule has 3 aliphatic rings. The van der Waals surface area contributed by atoms with Crippen LogP contribution in [0.5, 0.6) is 0 Å². The van der Waals surface area contributed by atoms with Crippen LogP contribution in [-0.2, 0) is 29.2 Å². The molecular weight excluding hydrogens is 693 g/mol. The molecule has 2 saturated carbocycles. The van der Waals surface area contributed by atoms with Gasteiger partial charge in [-0.2, -0.15) is 4.31 Å². The number of carbonyl (C=O) groups is 5. The first-order valence-corrected chi connectivity index (χ1v) is 20.1. The van der Waals surface area contributed by atoms with Crippen molar-refractivity contribution in [3.63, 3.8) is 0 Å². The van der Waals surface area contributed by atoms with E-state index in [2.05, 4.69) is 48.3 Å². The first-order chi connectivity index (χ1) is 24.1. The van der Waals surface area contributed by atoms with Crippen molar-refractivity contribution in [2.45, 2.75) is 101 Å². The van der Waals surface area contributed by atoms with E-state index in [-0.39, 0.29) is 52.8 Å². The Bertz CT molecular complexity index is 1590. The molecule has 3 fully saturated rings. The Morgan fingerprint density at radius 3 is 2.37 bits per heavy atom. The number of urea groups is 1. The number of sulfonamides is 1. The zero-order chi connectivity index (χ0) is 37.7. The number of thiophene rings is 1. The highest BCUT2D eigenvalue weighted by atomic mass is 32.2. The lowest BCUT2D eigenvalue weighted by Crippen LogP contribution is -2.61. The summed E-state index contributed by atoms with van der Waals surface area (Å²) in [6.07, 6.45) is 6.51. The van der Waals surface area contributed by atoms with E-state index in [1.54, 1.807) is 23.3 Å². The molecule has 4 N–H and O–H groups in total. The predicted molar refractivity (Wildman–Crippen MR) is 196 cm³/mol. The van der Waals surface area contributed by atoms with Crippen molar-refractivity contribution in [1.82, 2.24) is 30.5 Å². The molecule has 2 aliphatic carbocycles. The topological polar surface area (TPSA) is 174 Å². The Labute approximate surface area is 306 Å². The number of likely N-dealkylation sites (tertiary alicyclic amines) is 1. The fraction of sp³-hybridized carbons (Fsp3) is 0.639. The first-order valence-electron chi connectivity index (χ1n) is 17.8. The fourth-order valence-electron chi connectivity index (χ4n) is 7.65.